The Hall–Kier alpha value is -3.61. The molecule has 2 bridgehead atoms. The molecule has 2 aromatic carbocycles. The quantitative estimate of drug-likeness (QED) is 0.271. The molecule has 5 heterocycles. The lowest BCUT2D eigenvalue weighted by Gasteiger charge is -2.58. The molecular formula is C36H39Cl2FN4O6. The molecule has 13 heteroatoms. The minimum atomic E-state index is -1.19. The van der Waals surface area contributed by atoms with Crippen LogP contribution in [0.5, 0.6) is 5.75 Å². The van der Waals surface area contributed by atoms with Crippen LogP contribution in [0.4, 0.5) is 10.1 Å². The van der Waals surface area contributed by atoms with Crippen molar-refractivity contribution in [3.05, 3.63) is 81.8 Å². The van der Waals surface area contributed by atoms with E-state index in [0.717, 1.165) is 45.1 Å². The van der Waals surface area contributed by atoms with Crippen LogP contribution >= 0.6 is 23.2 Å². The van der Waals surface area contributed by atoms with Gasteiger partial charge in [-0.15, -0.1) is 0 Å². The fourth-order valence-corrected chi connectivity index (χ4v) is 8.20. The van der Waals surface area contributed by atoms with E-state index in [0.29, 0.717) is 35.8 Å². The van der Waals surface area contributed by atoms with Gasteiger partial charge in [0.1, 0.15) is 11.6 Å². The van der Waals surface area contributed by atoms with E-state index in [2.05, 4.69) is 28.2 Å². The fourth-order valence-electron chi connectivity index (χ4n) is 7.71. The zero-order valence-electron chi connectivity index (χ0n) is 27.5. The molecule has 10 nitrogen and oxygen atoms in total. The first-order valence-electron chi connectivity index (χ1n) is 16.4. The molecule has 4 fully saturated rings. The number of carboxylic acids is 1. The zero-order chi connectivity index (χ0) is 34.6. The number of methoxy groups -OCH3 is 1. The summed E-state index contributed by atoms with van der Waals surface area (Å²) in [6.07, 6.45) is 5.56. The summed E-state index contributed by atoms with van der Waals surface area (Å²) in [5.41, 5.74) is 1.85. The first kappa shape index (κ1) is 33.9. The lowest BCUT2D eigenvalue weighted by Crippen LogP contribution is -2.73. The molecule has 1 N–H and O–H groups in total. The van der Waals surface area contributed by atoms with Gasteiger partial charge in [-0.05, 0) is 38.0 Å². The van der Waals surface area contributed by atoms with Crippen LogP contribution < -0.4 is 9.64 Å². The third-order valence-electron chi connectivity index (χ3n) is 10.4. The van der Waals surface area contributed by atoms with E-state index in [1.165, 1.54) is 4.90 Å². The zero-order valence-corrected chi connectivity index (χ0v) is 29.0. The number of anilines is 1. The lowest BCUT2D eigenvalue weighted by molar-refractivity contribution is -0.131. The van der Waals surface area contributed by atoms with E-state index in [1.54, 1.807) is 37.5 Å². The molecule has 2 aromatic rings. The number of ether oxygens (including phenoxy) is 3. The van der Waals surface area contributed by atoms with E-state index in [1.807, 2.05) is 6.20 Å². The molecule has 2 unspecified atom stereocenters. The van der Waals surface area contributed by atoms with Crippen LogP contribution in [0.2, 0.25) is 0 Å². The van der Waals surface area contributed by atoms with E-state index >= 15 is 4.39 Å². The summed E-state index contributed by atoms with van der Waals surface area (Å²) in [7, 11) is 1.74. The Kier molecular flexibility index (Phi) is 9.16. The van der Waals surface area contributed by atoms with Crippen LogP contribution in [0.15, 0.2) is 64.8 Å². The van der Waals surface area contributed by atoms with Gasteiger partial charge in [-0.1, -0.05) is 48.0 Å². The number of halogens is 3. The van der Waals surface area contributed by atoms with E-state index in [4.69, 9.17) is 37.4 Å². The minimum Gasteiger partial charge on any atom is -0.478 e. The number of allylic oxidation sites excluding steroid dienone is 2. The number of aromatic carboxylic acids is 1. The van der Waals surface area contributed by atoms with Gasteiger partial charge in [0.15, 0.2) is 6.73 Å². The summed E-state index contributed by atoms with van der Waals surface area (Å²) < 4.78 is 33.0. The SMILES string of the molecule is C=C(Cl)/C(C(=O)N1COc2c(cccc2-c2cc(N3C4CCC3COC4)c(C(=O)O)cc2F)C1)=C(Cl)\C=C\N1CC(C)(N2CC(OC)C2)C1. The van der Waals surface area contributed by atoms with Crippen LogP contribution in [0.25, 0.3) is 11.1 Å². The highest BCUT2D eigenvalue weighted by Gasteiger charge is 2.47. The molecule has 0 aliphatic carbocycles. The highest BCUT2D eigenvalue weighted by Crippen LogP contribution is 2.43. The second kappa shape index (κ2) is 13.3. The van der Waals surface area contributed by atoms with Gasteiger partial charge in [-0.3, -0.25) is 9.69 Å². The van der Waals surface area contributed by atoms with Gasteiger partial charge in [0, 0.05) is 61.2 Å². The van der Waals surface area contributed by atoms with Gasteiger partial charge in [-0.25, -0.2) is 9.18 Å². The van der Waals surface area contributed by atoms with Crippen molar-refractivity contribution in [1.29, 1.82) is 0 Å². The number of carboxylic acid groups (broad SMARTS) is 1. The van der Waals surface area contributed by atoms with Crippen molar-refractivity contribution in [3.63, 3.8) is 0 Å². The number of amides is 1. The fraction of sp³-hybridized carbons (Fsp3) is 0.444. The van der Waals surface area contributed by atoms with Gasteiger partial charge in [0.05, 0.1) is 65.3 Å². The predicted molar refractivity (Wildman–Crippen MR) is 184 cm³/mol. The number of hydrogen-bond acceptors (Lipinski definition) is 8. The molecule has 5 aliphatic heterocycles. The number of hydrogen-bond donors (Lipinski definition) is 1. The second-order valence-corrected chi connectivity index (χ2v) is 14.5. The summed E-state index contributed by atoms with van der Waals surface area (Å²) in [5, 5.41) is 10.2. The summed E-state index contributed by atoms with van der Waals surface area (Å²) in [6.45, 7) is 10.5. The Morgan fingerprint density at radius 2 is 1.84 bits per heavy atom. The summed E-state index contributed by atoms with van der Waals surface area (Å²) in [6, 6.07) is 8.04. The molecule has 260 valence electrons. The third-order valence-corrected chi connectivity index (χ3v) is 10.9. The number of benzene rings is 2. The third kappa shape index (κ3) is 6.20. The van der Waals surface area contributed by atoms with Crippen LogP contribution in [-0.4, -0.2) is 109 Å². The van der Waals surface area contributed by atoms with Gasteiger partial charge in [-0.2, -0.15) is 0 Å². The van der Waals surface area contributed by atoms with Crippen molar-refractivity contribution in [3.8, 4) is 16.9 Å². The lowest BCUT2D eigenvalue weighted by atomic mass is 9.87. The Balaban J connectivity index is 1.10. The normalized spacial score (nSPS) is 23.8. The Bertz CT molecular complexity index is 1740. The average Bonchev–Trinajstić information content (AvgIpc) is 3.28. The van der Waals surface area contributed by atoms with Crippen molar-refractivity contribution in [2.75, 3.05) is 58.1 Å². The largest absolute Gasteiger partial charge is 0.478 e. The van der Waals surface area contributed by atoms with Gasteiger partial charge in [0.25, 0.3) is 5.91 Å². The number of nitrogens with zero attached hydrogens (tertiary/aromatic N) is 4. The van der Waals surface area contributed by atoms with Crippen LogP contribution in [0.3, 0.4) is 0 Å². The molecule has 49 heavy (non-hydrogen) atoms. The maximum absolute atomic E-state index is 15.7. The number of para-hydroxylation sites is 1. The summed E-state index contributed by atoms with van der Waals surface area (Å²) in [5.74, 6) is -1.90. The number of carbonyl (C=O) groups excluding carboxylic acids is 1. The molecule has 2 atom stereocenters. The van der Waals surface area contributed by atoms with E-state index in [-0.39, 0.29) is 63.8 Å². The number of fused-ring (bicyclic) bond motifs is 3. The van der Waals surface area contributed by atoms with Gasteiger partial charge >= 0.3 is 5.97 Å². The van der Waals surface area contributed by atoms with E-state index in [9.17, 15) is 14.7 Å². The van der Waals surface area contributed by atoms with E-state index < -0.39 is 17.7 Å². The smallest absolute Gasteiger partial charge is 0.337 e. The van der Waals surface area contributed by atoms with Crippen molar-refractivity contribution in [1.82, 2.24) is 14.7 Å². The molecule has 0 aromatic heterocycles. The van der Waals surface area contributed by atoms with Crippen molar-refractivity contribution < 1.29 is 33.3 Å². The van der Waals surface area contributed by atoms with Crippen molar-refractivity contribution in [2.45, 2.75) is 50.0 Å². The number of morpholine rings is 1. The number of rotatable bonds is 9. The Morgan fingerprint density at radius 1 is 1.12 bits per heavy atom. The molecule has 1 amide bonds. The molecular weight excluding hydrogens is 674 g/mol. The highest BCUT2D eigenvalue weighted by atomic mass is 35.5. The maximum atomic E-state index is 15.7. The second-order valence-electron chi connectivity index (χ2n) is 13.7. The Labute approximate surface area is 294 Å². The van der Waals surface area contributed by atoms with Gasteiger partial charge in [0.2, 0.25) is 0 Å². The number of likely N-dealkylation sites (tertiary alicyclic amines) is 2. The average molecular weight is 714 g/mol. The predicted octanol–water partition coefficient (Wildman–Crippen LogP) is 5.40. The standard InChI is InChI=1S/C36H39Cl2FN4O6/c1-21(37)32(29(38)9-10-40-18-36(2,19-40)42-14-25(15-42)47-3)34(44)41-13-22-5-4-6-26(33(22)49-20-41)27-12-31(28(35(45)46)11-30(27)39)43-23-7-8-24(43)17-48-16-23/h4-6,9-12,23-25H,1,7-8,13-20H2,2-3H3,(H,45,46)/b10-9+,32-29-. The molecule has 0 saturated carbocycles. The molecule has 7 rings (SSSR count). The van der Waals surface area contributed by atoms with Crippen LogP contribution in [-0.2, 0) is 20.8 Å². The maximum Gasteiger partial charge on any atom is 0.337 e. The summed E-state index contributed by atoms with van der Waals surface area (Å²) in [4.78, 5) is 34.1. The number of carbonyl (C=O) groups is 2. The highest BCUT2D eigenvalue weighted by molar-refractivity contribution is 6.40. The first-order valence-corrected chi connectivity index (χ1v) is 17.1. The monoisotopic (exact) mass is 712 g/mol. The van der Waals surface area contributed by atoms with Crippen LogP contribution in [0.1, 0.15) is 35.7 Å². The van der Waals surface area contributed by atoms with Crippen LogP contribution in [0, 0.1) is 5.82 Å². The van der Waals surface area contributed by atoms with Crippen molar-refractivity contribution >= 4 is 40.8 Å². The molecule has 4 saturated heterocycles. The topological polar surface area (TPSA) is 95.0 Å². The molecule has 0 spiro atoms. The van der Waals surface area contributed by atoms with Gasteiger partial charge < -0.3 is 34.0 Å². The first-order chi connectivity index (χ1) is 23.5. The molecule has 0 radical (unpaired) electrons. The minimum absolute atomic E-state index is 0.00373. The Morgan fingerprint density at radius 3 is 2.49 bits per heavy atom. The molecule has 5 aliphatic rings. The summed E-state index contributed by atoms with van der Waals surface area (Å²) >= 11 is 13.0. The van der Waals surface area contributed by atoms with Crippen molar-refractivity contribution in [2.24, 2.45) is 0 Å².